The van der Waals surface area contributed by atoms with Gasteiger partial charge in [0.1, 0.15) is 4.83 Å². The minimum absolute atomic E-state index is 0.0151. The number of alkyl halides is 3. The first kappa shape index (κ1) is 28.6. The smallest absolute Gasteiger partial charge is 0.390 e. The maximum atomic E-state index is 13.5. The highest BCUT2D eigenvalue weighted by molar-refractivity contribution is 7.20. The molecule has 1 saturated heterocycles. The number of piperidine rings is 1. The van der Waals surface area contributed by atoms with Crippen LogP contribution >= 0.6 is 11.3 Å². The molecule has 1 aliphatic heterocycles. The first-order valence-electron chi connectivity index (χ1n) is 12.8. The van der Waals surface area contributed by atoms with Gasteiger partial charge in [0, 0.05) is 32.6 Å². The Morgan fingerprint density at radius 2 is 1.77 bits per heavy atom. The maximum absolute atomic E-state index is 13.5. The van der Waals surface area contributed by atoms with Crippen molar-refractivity contribution in [3.63, 3.8) is 0 Å². The number of fused-ring (bicyclic) bond motifs is 1. The van der Waals surface area contributed by atoms with Gasteiger partial charge in [0.15, 0.2) is 0 Å². The first-order chi connectivity index (χ1) is 18.4. The number of likely N-dealkylation sites (tertiary alicyclic amines) is 1. The van der Waals surface area contributed by atoms with E-state index in [2.05, 4.69) is 0 Å². The van der Waals surface area contributed by atoms with E-state index in [9.17, 15) is 32.3 Å². The lowest BCUT2D eigenvalue weighted by Crippen LogP contribution is -2.40. The number of carboxylic acid groups (broad SMARTS) is 1. The van der Waals surface area contributed by atoms with E-state index in [0.717, 1.165) is 31.6 Å². The summed E-state index contributed by atoms with van der Waals surface area (Å²) in [7, 11) is 0. The van der Waals surface area contributed by atoms with Crippen LogP contribution in [-0.4, -0.2) is 50.3 Å². The van der Waals surface area contributed by atoms with E-state index in [1.165, 1.54) is 0 Å². The Balaban J connectivity index is 1.72. The van der Waals surface area contributed by atoms with E-state index in [0.29, 0.717) is 37.9 Å². The highest BCUT2D eigenvalue weighted by Crippen LogP contribution is 2.31. The summed E-state index contributed by atoms with van der Waals surface area (Å²) in [6.45, 7) is 3.48. The minimum Gasteiger partial charge on any atom is -0.481 e. The molecule has 4 rings (SSSR count). The summed E-state index contributed by atoms with van der Waals surface area (Å²) in [6.07, 6.45) is -4.37. The van der Waals surface area contributed by atoms with Gasteiger partial charge in [-0.1, -0.05) is 29.8 Å². The molecule has 12 heteroatoms. The number of thiophene rings is 1. The second-order valence-electron chi connectivity index (χ2n) is 10.1. The van der Waals surface area contributed by atoms with Crippen LogP contribution in [0.5, 0.6) is 0 Å². The SMILES string of the molecule is Cc1cccc(CCn2c(=O)c3c(C)c(C(=O)N4CCC(CC(=O)O)CC4)sc3n(CCC(F)(F)F)c2=O)c1. The predicted molar refractivity (Wildman–Crippen MR) is 142 cm³/mol. The van der Waals surface area contributed by atoms with Crippen LogP contribution in [0, 0.1) is 19.8 Å². The van der Waals surface area contributed by atoms with Crippen LogP contribution in [0.25, 0.3) is 10.2 Å². The average Bonchev–Trinajstić information content (AvgIpc) is 3.20. The third-order valence-corrected chi connectivity index (χ3v) is 8.48. The standard InChI is InChI=1S/C27H30F3N3O5S/c1-16-4-3-5-18(14-16)8-12-32-23(36)21-17(2)22(24(37)31-10-6-19(7-11-31)15-20(34)35)39-25(21)33(26(32)38)13-9-27(28,29)30/h3-5,14,19H,6-13,15H2,1-2H3,(H,34,35). The van der Waals surface area contributed by atoms with Gasteiger partial charge < -0.3 is 10.0 Å². The van der Waals surface area contributed by atoms with E-state index in [1.54, 1.807) is 11.8 Å². The lowest BCUT2D eigenvalue weighted by atomic mass is 9.93. The number of carbonyl (C=O) groups is 2. The minimum atomic E-state index is -4.51. The van der Waals surface area contributed by atoms with Gasteiger partial charge >= 0.3 is 17.8 Å². The molecule has 0 atom stereocenters. The second-order valence-corrected chi connectivity index (χ2v) is 11.1. The third-order valence-electron chi connectivity index (χ3n) is 7.18. The molecule has 0 unspecified atom stereocenters. The molecule has 1 fully saturated rings. The molecular weight excluding hydrogens is 535 g/mol. The van der Waals surface area contributed by atoms with Crippen LogP contribution in [-0.2, 0) is 24.3 Å². The number of hydrogen-bond acceptors (Lipinski definition) is 5. The number of hydrogen-bond donors (Lipinski definition) is 1. The summed E-state index contributed by atoms with van der Waals surface area (Å²) in [6, 6.07) is 7.53. The number of carbonyl (C=O) groups excluding carboxylic acids is 1. The van der Waals surface area contributed by atoms with Gasteiger partial charge in [-0.2, -0.15) is 13.2 Å². The Labute approximate surface area is 226 Å². The first-order valence-corrected chi connectivity index (χ1v) is 13.6. The highest BCUT2D eigenvalue weighted by atomic mass is 32.1. The number of rotatable bonds is 8. The molecule has 8 nitrogen and oxygen atoms in total. The molecule has 1 amide bonds. The van der Waals surface area contributed by atoms with Crippen molar-refractivity contribution in [2.45, 2.75) is 65.2 Å². The Bertz CT molecular complexity index is 1510. The molecule has 2 aromatic heterocycles. The zero-order chi connectivity index (χ0) is 28.5. The van der Waals surface area contributed by atoms with E-state index in [1.807, 2.05) is 31.2 Å². The average molecular weight is 566 g/mol. The van der Waals surface area contributed by atoms with E-state index >= 15 is 0 Å². The van der Waals surface area contributed by atoms with Crippen LogP contribution in [0.15, 0.2) is 33.9 Å². The zero-order valence-electron chi connectivity index (χ0n) is 21.7. The van der Waals surface area contributed by atoms with Gasteiger partial charge in [0.05, 0.1) is 16.7 Å². The van der Waals surface area contributed by atoms with Gasteiger partial charge in [0.25, 0.3) is 11.5 Å². The third kappa shape index (κ3) is 6.43. The fourth-order valence-electron chi connectivity index (χ4n) is 5.07. The molecule has 0 saturated carbocycles. The van der Waals surface area contributed by atoms with E-state index in [-0.39, 0.29) is 39.9 Å². The van der Waals surface area contributed by atoms with Gasteiger partial charge in [0.2, 0.25) is 0 Å². The van der Waals surface area contributed by atoms with Gasteiger partial charge in [-0.25, -0.2) is 4.79 Å². The number of aromatic nitrogens is 2. The molecule has 3 aromatic rings. The molecule has 1 N–H and O–H groups in total. The molecule has 0 radical (unpaired) electrons. The molecule has 210 valence electrons. The fraction of sp³-hybridized carbons (Fsp3) is 0.481. The van der Waals surface area contributed by atoms with Crippen molar-refractivity contribution in [2.24, 2.45) is 5.92 Å². The van der Waals surface area contributed by atoms with Gasteiger partial charge in [-0.15, -0.1) is 11.3 Å². The molecule has 3 heterocycles. The lowest BCUT2D eigenvalue weighted by molar-refractivity contribution is -0.138. The zero-order valence-corrected chi connectivity index (χ0v) is 22.5. The largest absolute Gasteiger partial charge is 0.481 e. The van der Waals surface area contributed by atoms with Crippen molar-refractivity contribution in [3.8, 4) is 0 Å². The fourth-order valence-corrected chi connectivity index (χ4v) is 6.36. The Morgan fingerprint density at radius 3 is 2.38 bits per heavy atom. The van der Waals surface area contributed by atoms with Crippen molar-refractivity contribution in [1.29, 1.82) is 0 Å². The summed E-state index contributed by atoms with van der Waals surface area (Å²) in [5.41, 5.74) is 0.759. The number of halogens is 3. The number of aliphatic carboxylic acids is 1. The topological polar surface area (TPSA) is 102 Å². The summed E-state index contributed by atoms with van der Waals surface area (Å²) in [4.78, 5) is 53.1. The van der Waals surface area contributed by atoms with Crippen LogP contribution in [0.2, 0.25) is 0 Å². The predicted octanol–water partition coefficient (Wildman–Crippen LogP) is 4.36. The summed E-state index contributed by atoms with van der Waals surface area (Å²) in [5.74, 6) is -1.30. The highest BCUT2D eigenvalue weighted by Gasteiger charge is 2.31. The lowest BCUT2D eigenvalue weighted by Gasteiger charge is -2.31. The number of aryl methyl sites for hydroxylation is 4. The molecule has 1 aromatic carbocycles. The summed E-state index contributed by atoms with van der Waals surface area (Å²) in [5, 5.41) is 9.11. The Morgan fingerprint density at radius 1 is 1.08 bits per heavy atom. The molecule has 0 aliphatic carbocycles. The van der Waals surface area contributed by atoms with Crippen molar-refractivity contribution in [1.82, 2.24) is 14.0 Å². The summed E-state index contributed by atoms with van der Waals surface area (Å²) < 4.78 is 41.4. The molecule has 0 bridgehead atoms. The van der Waals surface area contributed by atoms with Crippen molar-refractivity contribution < 1.29 is 27.9 Å². The number of nitrogens with zero attached hydrogens (tertiary/aromatic N) is 3. The normalized spacial score (nSPS) is 14.7. The molecular formula is C27H30F3N3O5S. The quantitative estimate of drug-likeness (QED) is 0.437. The number of benzene rings is 1. The van der Waals surface area contributed by atoms with Crippen LogP contribution < -0.4 is 11.2 Å². The maximum Gasteiger partial charge on any atom is 0.390 e. The van der Waals surface area contributed by atoms with Crippen LogP contribution in [0.3, 0.4) is 0 Å². The van der Waals surface area contributed by atoms with E-state index in [4.69, 9.17) is 5.11 Å². The summed E-state index contributed by atoms with van der Waals surface area (Å²) >= 11 is 0.865. The Kier molecular flexibility index (Phi) is 8.34. The van der Waals surface area contributed by atoms with Gasteiger partial charge in [-0.3, -0.25) is 23.5 Å². The van der Waals surface area contributed by atoms with Crippen LogP contribution in [0.1, 0.15) is 52.0 Å². The van der Waals surface area contributed by atoms with Crippen molar-refractivity contribution >= 4 is 33.4 Å². The number of amides is 1. The monoisotopic (exact) mass is 565 g/mol. The van der Waals surface area contributed by atoms with Crippen molar-refractivity contribution in [2.75, 3.05) is 13.1 Å². The second kappa shape index (κ2) is 11.4. The van der Waals surface area contributed by atoms with E-state index < -0.39 is 36.4 Å². The molecule has 1 aliphatic rings. The number of carboxylic acids is 1. The van der Waals surface area contributed by atoms with Crippen LogP contribution in [0.4, 0.5) is 13.2 Å². The molecule has 39 heavy (non-hydrogen) atoms. The van der Waals surface area contributed by atoms with Gasteiger partial charge in [-0.05, 0) is 50.2 Å². The Hall–Kier alpha value is -3.41. The molecule has 0 spiro atoms. The van der Waals surface area contributed by atoms with Crippen molar-refractivity contribution in [3.05, 3.63) is 66.7 Å².